The highest BCUT2D eigenvalue weighted by molar-refractivity contribution is 5.93. The number of rotatable bonds is 4. The quantitative estimate of drug-likeness (QED) is 0.631. The molecule has 0 aliphatic carbocycles. The molecule has 0 atom stereocenters. The molecule has 2 aromatic carbocycles. The van der Waals surface area contributed by atoms with Gasteiger partial charge in [0.1, 0.15) is 22.7 Å². The predicted molar refractivity (Wildman–Crippen MR) is 99.1 cm³/mol. The van der Waals surface area contributed by atoms with Crippen molar-refractivity contribution in [1.82, 2.24) is 0 Å². The van der Waals surface area contributed by atoms with Gasteiger partial charge in [-0.05, 0) is 38.0 Å². The van der Waals surface area contributed by atoms with Gasteiger partial charge in [0.2, 0.25) is 0 Å². The van der Waals surface area contributed by atoms with Gasteiger partial charge >= 0.3 is 5.43 Å². The number of hydrogen-bond acceptors (Lipinski definition) is 2. The Morgan fingerprint density at radius 2 is 1.62 bits per heavy atom. The van der Waals surface area contributed by atoms with Gasteiger partial charge in [0, 0.05) is 6.92 Å². The minimum Gasteiger partial charge on any atom is -0.493 e. The average molecular weight is 323 g/mol. The van der Waals surface area contributed by atoms with E-state index >= 15 is 0 Å². The summed E-state index contributed by atoms with van der Waals surface area (Å²) in [5.41, 5.74) is 3.02. The van der Waals surface area contributed by atoms with Gasteiger partial charge < -0.3 is 9.15 Å². The Labute approximate surface area is 142 Å². The lowest BCUT2D eigenvalue weighted by Gasteiger charge is -2.03. The van der Waals surface area contributed by atoms with Gasteiger partial charge in [0.15, 0.2) is 0 Å². The summed E-state index contributed by atoms with van der Waals surface area (Å²) in [7, 11) is 0. The number of fused-ring (bicyclic) bond motifs is 1. The van der Waals surface area contributed by atoms with Crippen molar-refractivity contribution in [2.75, 3.05) is 13.2 Å². The molecule has 0 N–H and O–H groups in total. The smallest absolute Gasteiger partial charge is 0.355 e. The SMILES string of the molecule is CCOc1cc(-c2ccccc2)cc(=[O+]CC)c2c(C)oc(C)c12. The van der Waals surface area contributed by atoms with Crippen LogP contribution in [0.3, 0.4) is 0 Å². The third kappa shape index (κ3) is 2.94. The van der Waals surface area contributed by atoms with Crippen LogP contribution in [0.1, 0.15) is 25.4 Å². The maximum absolute atomic E-state index is 5.95. The van der Waals surface area contributed by atoms with Gasteiger partial charge in [-0.1, -0.05) is 30.3 Å². The Kier molecular flexibility index (Phi) is 4.70. The molecule has 0 bridgehead atoms. The van der Waals surface area contributed by atoms with Crippen molar-refractivity contribution < 1.29 is 9.15 Å². The number of hydrogen-bond donors (Lipinski definition) is 0. The van der Waals surface area contributed by atoms with Gasteiger partial charge in [-0.2, -0.15) is 0 Å². The molecule has 24 heavy (non-hydrogen) atoms. The largest absolute Gasteiger partial charge is 0.493 e. The van der Waals surface area contributed by atoms with Crippen molar-refractivity contribution in [3.05, 3.63) is 63.8 Å². The molecule has 0 unspecified atom stereocenters. The summed E-state index contributed by atoms with van der Waals surface area (Å²) < 4.78 is 17.8. The lowest BCUT2D eigenvalue weighted by molar-refractivity contribution is 0.344. The van der Waals surface area contributed by atoms with E-state index in [1.165, 1.54) is 0 Å². The first-order valence-electron chi connectivity index (χ1n) is 8.37. The van der Waals surface area contributed by atoms with Crippen LogP contribution in [0.2, 0.25) is 0 Å². The highest BCUT2D eigenvalue weighted by Crippen LogP contribution is 2.33. The van der Waals surface area contributed by atoms with Crippen molar-refractivity contribution in [2.24, 2.45) is 0 Å². The van der Waals surface area contributed by atoms with Crippen LogP contribution in [-0.2, 0) is 0 Å². The van der Waals surface area contributed by atoms with E-state index in [1.54, 1.807) is 0 Å². The molecule has 3 aromatic rings. The molecule has 0 radical (unpaired) electrons. The maximum atomic E-state index is 5.95. The number of aryl methyl sites for hydroxylation is 2. The van der Waals surface area contributed by atoms with Crippen molar-refractivity contribution in [3.8, 4) is 16.9 Å². The van der Waals surface area contributed by atoms with Gasteiger partial charge in [-0.3, -0.25) is 4.42 Å². The zero-order chi connectivity index (χ0) is 17.1. The van der Waals surface area contributed by atoms with Gasteiger partial charge in [-0.15, -0.1) is 0 Å². The van der Waals surface area contributed by atoms with Crippen LogP contribution in [0.25, 0.3) is 21.9 Å². The maximum Gasteiger partial charge on any atom is 0.355 e. The third-order valence-electron chi connectivity index (χ3n) is 4.03. The zero-order valence-electron chi connectivity index (χ0n) is 14.7. The number of furan rings is 1. The average Bonchev–Trinajstić information content (AvgIpc) is 2.77. The first-order chi connectivity index (χ1) is 11.7. The summed E-state index contributed by atoms with van der Waals surface area (Å²) in [6.07, 6.45) is 0. The lowest BCUT2D eigenvalue weighted by atomic mass is 10.1. The van der Waals surface area contributed by atoms with Crippen LogP contribution in [0.4, 0.5) is 0 Å². The van der Waals surface area contributed by atoms with Crippen molar-refractivity contribution in [1.29, 1.82) is 0 Å². The van der Waals surface area contributed by atoms with Crippen LogP contribution in [0, 0.1) is 13.8 Å². The lowest BCUT2D eigenvalue weighted by Crippen LogP contribution is -2.01. The summed E-state index contributed by atoms with van der Waals surface area (Å²) >= 11 is 0. The molecule has 3 rings (SSSR count). The fraction of sp³-hybridized carbons (Fsp3) is 0.286. The third-order valence-corrected chi connectivity index (χ3v) is 4.03. The Hall–Kier alpha value is -2.55. The van der Waals surface area contributed by atoms with Gasteiger partial charge in [0.25, 0.3) is 6.61 Å². The fourth-order valence-electron chi connectivity index (χ4n) is 3.08. The number of ether oxygens (including phenoxy) is 1. The number of benzene rings is 1. The second-order valence-electron chi connectivity index (χ2n) is 5.67. The molecule has 3 heteroatoms. The van der Waals surface area contributed by atoms with Crippen molar-refractivity contribution >= 4 is 10.8 Å². The fourth-order valence-corrected chi connectivity index (χ4v) is 3.08. The molecule has 0 fully saturated rings. The molecule has 0 saturated heterocycles. The molecule has 1 heterocycles. The minimum absolute atomic E-state index is 0.598. The van der Waals surface area contributed by atoms with E-state index in [1.807, 2.05) is 45.9 Å². The first kappa shape index (κ1) is 16.3. The summed E-state index contributed by atoms with van der Waals surface area (Å²) in [6.45, 7) is 9.12. The van der Waals surface area contributed by atoms with E-state index in [0.717, 1.165) is 44.6 Å². The van der Waals surface area contributed by atoms with Crippen molar-refractivity contribution in [2.45, 2.75) is 27.7 Å². The highest BCUT2D eigenvalue weighted by atomic mass is 16.5. The molecule has 124 valence electrons. The molecule has 0 aliphatic heterocycles. The van der Waals surface area contributed by atoms with E-state index in [9.17, 15) is 0 Å². The molecular weight excluding hydrogens is 300 g/mol. The molecule has 0 spiro atoms. The van der Waals surface area contributed by atoms with Crippen LogP contribution >= 0.6 is 0 Å². The van der Waals surface area contributed by atoms with E-state index in [2.05, 4.69) is 24.3 Å². The second-order valence-corrected chi connectivity index (χ2v) is 5.67. The van der Waals surface area contributed by atoms with Crippen LogP contribution in [0.5, 0.6) is 5.75 Å². The monoisotopic (exact) mass is 323 g/mol. The topological polar surface area (TPSA) is 33.7 Å². The molecule has 1 aromatic heterocycles. The summed E-state index contributed by atoms with van der Waals surface area (Å²) in [5, 5.41) is 1.97. The van der Waals surface area contributed by atoms with Gasteiger partial charge in [-0.25, -0.2) is 0 Å². The zero-order valence-corrected chi connectivity index (χ0v) is 14.7. The van der Waals surface area contributed by atoms with E-state index in [4.69, 9.17) is 13.6 Å². The molecule has 0 saturated carbocycles. The standard InChI is InChI=1S/C21H23O3/c1-5-22-18-12-17(16-10-8-7-9-11-16)13-19(23-6-2)21-15(4)24-14(3)20(18)21/h7-13H,5-6H2,1-4H3/q+1. The molecule has 0 amide bonds. The highest BCUT2D eigenvalue weighted by Gasteiger charge is 2.19. The molecule has 3 nitrogen and oxygen atoms in total. The normalized spacial score (nSPS) is 11.9. The minimum atomic E-state index is 0.598. The molecule has 0 aliphatic rings. The Bertz CT molecular complexity index is 921. The first-order valence-corrected chi connectivity index (χ1v) is 8.37. The predicted octanol–water partition coefficient (Wildman–Crippen LogP) is 5.03. The Morgan fingerprint density at radius 3 is 2.29 bits per heavy atom. The van der Waals surface area contributed by atoms with Crippen LogP contribution < -0.4 is 10.2 Å². The van der Waals surface area contributed by atoms with E-state index < -0.39 is 0 Å². The Balaban J connectivity index is 2.47. The van der Waals surface area contributed by atoms with Crippen LogP contribution in [-0.4, -0.2) is 13.2 Å². The summed E-state index contributed by atoms with van der Waals surface area (Å²) in [4.78, 5) is 0. The molecular formula is C21H23O3+. The van der Waals surface area contributed by atoms with E-state index in [0.29, 0.717) is 13.2 Å². The van der Waals surface area contributed by atoms with Crippen LogP contribution in [0.15, 0.2) is 51.3 Å². The van der Waals surface area contributed by atoms with Crippen molar-refractivity contribution in [3.63, 3.8) is 0 Å². The second kappa shape index (κ2) is 6.91. The Morgan fingerprint density at radius 1 is 0.917 bits per heavy atom. The summed E-state index contributed by atoms with van der Waals surface area (Å²) in [6, 6.07) is 14.4. The van der Waals surface area contributed by atoms with Gasteiger partial charge in [0.05, 0.1) is 18.1 Å². The summed E-state index contributed by atoms with van der Waals surface area (Å²) in [5.74, 6) is 2.52. The van der Waals surface area contributed by atoms with E-state index in [-0.39, 0.29) is 0 Å².